The molecule has 2 atom stereocenters. The lowest BCUT2D eigenvalue weighted by atomic mass is 10.1. The van der Waals surface area contributed by atoms with E-state index in [2.05, 4.69) is 15.2 Å². The van der Waals surface area contributed by atoms with Crippen molar-refractivity contribution in [3.8, 4) is 5.75 Å². The second-order valence-corrected chi connectivity index (χ2v) is 6.38. The molecule has 0 bridgehead atoms. The zero-order valence-electron chi connectivity index (χ0n) is 15.0. The Bertz CT molecular complexity index is 681. The van der Waals surface area contributed by atoms with Crippen LogP contribution in [0.25, 0.3) is 0 Å². The van der Waals surface area contributed by atoms with Crippen molar-refractivity contribution in [3.63, 3.8) is 0 Å². The Balaban J connectivity index is 1.66. The first kappa shape index (κ1) is 18.4. The van der Waals surface area contributed by atoms with Crippen LogP contribution in [0.15, 0.2) is 54.9 Å². The quantitative estimate of drug-likeness (QED) is 0.733. The number of benzene rings is 1. The van der Waals surface area contributed by atoms with E-state index < -0.39 is 0 Å². The van der Waals surface area contributed by atoms with Crippen LogP contribution in [0.2, 0.25) is 0 Å². The molecule has 2 heterocycles. The van der Waals surface area contributed by atoms with E-state index in [0.717, 1.165) is 11.3 Å². The third-order valence-electron chi connectivity index (χ3n) is 4.43. The van der Waals surface area contributed by atoms with Crippen LogP contribution in [-0.4, -0.2) is 54.7 Å². The largest absolute Gasteiger partial charge is 0.489 e. The first-order chi connectivity index (χ1) is 12.8. The Morgan fingerprint density at radius 3 is 2.85 bits per heavy atom. The Kier molecular flexibility index (Phi) is 6.57. The summed E-state index contributed by atoms with van der Waals surface area (Å²) in [6.45, 7) is 2.39. The van der Waals surface area contributed by atoms with Gasteiger partial charge >= 0.3 is 0 Å². The standard InChI is InChI=1S/C20H25N3O3/c1-25-11-10-22-20(24)19-12-18(26-17-7-3-2-4-8-17)15-23(19)14-16-6-5-9-21-13-16/h2-9,13,18-19H,10-12,14-15H2,1H3,(H,22,24)/t18-,19+/m0/s1. The van der Waals surface area contributed by atoms with Crippen molar-refractivity contribution in [1.29, 1.82) is 0 Å². The minimum absolute atomic E-state index is 0.0186. The van der Waals surface area contributed by atoms with Gasteiger partial charge in [0, 0.05) is 45.6 Å². The van der Waals surface area contributed by atoms with Crippen LogP contribution in [0.3, 0.4) is 0 Å². The third kappa shape index (κ3) is 5.03. The minimum atomic E-state index is -0.222. The van der Waals surface area contributed by atoms with E-state index in [4.69, 9.17) is 9.47 Å². The highest BCUT2D eigenvalue weighted by atomic mass is 16.5. The molecule has 1 aromatic heterocycles. The molecule has 2 aromatic rings. The van der Waals surface area contributed by atoms with Gasteiger partial charge in [0.15, 0.2) is 0 Å². The number of aromatic nitrogens is 1. The van der Waals surface area contributed by atoms with Gasteiger partial charge in [0.25, 0.3) is 0 Å². The second-order valence-electron chi connectivity index (χ2n) is 6.38. The van der Waals surface area contributed by atoms with Crippen LogP contribution in [0.5, 0.6) is 5.75 Å². The lowest BCUT2D eigenvalue weighted by Gasteiger charge is -2.23. The number of nitrogens with zero attached hydrogens (tertiary/aromatic N) is 2. The third-order valence-corrected chi connectivity index (χ3v) is 4.43. The van der Waals surface area contributed by atoms with Crippen LogP contribution in [0, 0.1) is 0 Å². The van der Waals surface area contributed by atoms with Crippen LogP contribution >= 0.6 is 0 Å². The van der Waals surface area contributed by atoms with E-state index in [9.17, 15) is 4.79 Å². The van der Waals surface area contributed by atoms with Gasteiger partial charge in [-0.25, -0.2) is 0 Å². The maximum absolute atomic E-state index is 12.6. The van der Waals surface area contributed by atoms with E-state index in [-0.39, 0.29) is 18.1 Å². The highest BCUT2D eigenvalue weighted by Crippen LogP contribution is 2.24. The van der Waals surface area contributed by atoms with Crippen LogP contribution in [0.1, 0.15) is 12.0 Å². The topological polar surface area (TPSA) is 63.7 Å². The normalized spacial score (nSPS) is 20.0. The number of methoxy groups -OCH3 is 1. The average molecular weight is 355 g/mol. The summed E-state index contributed by atoms with van der Waals surface area (Å²) in [5.41, 5.74) is 1.09. The zero-order chi connectivity index (χ0) is 18.2. The van der Waals surface area contributed by atoms with Gasteiger partial charge in [-0.3, -0.25) is 14.7 Å². The van der Waals surface area contributed by atoms with Gasteiger partial charge in [-0.15, -0.1) is 0 Å². The molecule has 6 heteroatoms. The highest BCUT2D eigenvalue weighted by molar-refractivity contribution is 5.82. The number of hydrogen-bond donors (Lipinski definition) is 1. The lowest BCUT2D eigenvalue weighted by molar-refractivity contribution is -0.125. The van der Waals surface area contributed by atoms with E-state index >= 15 is 0 Å². The van der Waals surface area contributed by atoms with Gasteiger partial charge in [0.1, 0.15) is 11.9 Å². The number of amides is 1. The summed E-state index contributed by atoms with van der Waals surface area (Å²) in [6, 6.07) is 13.5. The summed E-state index contributed by atoms with van der Waals surface area (Å²) >= 11 is 0. The summed E-state index contributed by atoms with van der Waals surface area (Å²) in [5.74, 6) is 0.851. The van der Waals surface area contributed by atoms with Crippen molar-refractivity contribution in [3.05, 3.63) is 60.4 Å². The molecule has 1 fully saturated rings. The predicted molar refractivity (Wildman–Crippen MR) is 98.8 cm³/mol. The molecular formula is C20H25N3O3. The van der Waals surface area contributed by atoms with Crippen LogP contribution in [-0.2, 0) is 16.1 Å². The lowest BCUT2D eigenvalue weighted by Crippen LogP contribution is -2.43. The number of carbonyl (C=O) groups excluding carboxylic acids is 1. The van der Waals surface area contributed by atoms with E-state index in [0.29, 0.717) is 32.7 Å². The summed E-state index contributed by atoms with van der Waals surface area (Å²) < 4.78 is 11.1. The van der Waals surface area contributed by atoms with Crippen molar-refractivity contribution in [2.24, 2.45) is 0 Å². The van der Waals surface area contributed by atoms with E-state index in [1.807, 2.05) is 48.7 Å². The molecule has 0 aliphatic carbocycles. The van der Waals surface area contributed by atoms with Gasteiger partial charge in [-0.05, 0) is 23.8 Å². The van der Waals surface area contributed by atoms with Crippen molar-refractivity contribution < 1.29 is 14.3 Å². The molecule has 1 aliphatic rings. The SMILES string of the molecule is COCCNC(=O)[C@H]1C[C@H](Oc2ccccc2)CN1Cc1cccnc1. The molecule has 0 unspecified atom stereocenters. The maximum atomic E-state index is 12.6. The number of likely N-dealkylation sites (tertiary alicyclic amines) is 1. The molecule has 0 saturated carbocycles. The molecule has 0 radical (unpaired) electrons. The van der Waals surface area contributed by atoms with Gasteiger partial charge in [0.05, 0.1) is 12.6 Å². The number of nitrogens with one attached hydrogen (secondary N) is 1. The van der Waals surface area contributed by atoms with E-state index in [1.165, 1.54) is 0 Å². The first-order valence-electron chi connectivity index (χ1n) is 8.87. The molecule has 1 aromatic carbocycles. The van der Waals surface area contributed by atoms with Crippen LogP contribution < -0.4 is 10.1 Å². The zero-order valence-corrected chi connectivity index (χ0v) is 15.0. The molecule has 0 spiro atoms. The summed E-state index contributed by atoms with van der Waals surface area (Å²) in [6.07, 6.45) is 4.23. The van der Waals surface area contributed by atoms with Crippen LogP contribution in [0.4, 0.5) is 0 Å². The Hall–Kier alpha value is -2.44. The minimum Gasteiger partial charge on any atom is -0.489 e. The number of rotatable bonds is 8. The molecule has 1 amide bonds. The second kappa shape index (κ2) is 9.31. The monoisotopic (exact) mass is 355 g/mol. The number of pyridine rings is 1. The van der Waals surface area contributed by atoms with Gasteiger partial charge < -0.3 is 14.8 Å². The van der Waals surface area contributed by atoms with Crippen molar-refractivity contribution in [2.45, 2.75) is 25.1 Å². The van der Waals surface area contributed by atoms with Gasteiger partial charge in [-0.1, -0.05) is 24.3 Å². The molecule has 138 valence electrons. The highest BCUT2D eigenvalue weighted by Gasteiger charge is 2.37. The summed E-state index contributed by atoms with van der Waals surface area (Å²) in [4.78, 5) is 19.0. The molecular weight excluding hydrogens is 330 g/mol. The number of para-hydroxylation sites is 1. The summed E-state index contributed by atoms with van der Waals surface area (Å²) in [7, 11) is 1.63. The summed E-state index contributed by atoms with van der Waals surface area (Å²) in [5, 5.41) is 2.95. The molecule has 1 N–H and O–H groups in total. The Morgan fingerprint density at radius 2 is 2.12 bits per heavy atom. The Labute approximate surface area is 154 Å². The molecule has 1 aliphatic heterocycles. The number of ether oxygens (including phenoxy) is 2. The van der Waals surface area contributed by atoms with Crippen molar-refractivity contribution in [2.75, 3.05) is 26.8 Å². The first-order valence-corrected chi connectivity index (χ1v) is 8.87. The Morgan fingerprint density at radius 1 is 1.27 bits per heavy atom. The fourth-order valence-electron chi connectivity index (χ4n) is 3.21. The molecule has 6 nitrogen and oxygen atoms in total. The van der Waals surface area contributed by atoms with Gasteiger partial charge in [0.2, 0.25) is 5.91 Å². The molecule has 26 heavy (non-hydrogen) atoms. The van der Waals surface area contributed by atoms with Crippen molar-refractivity contribution >= 4 is 5.91 Å². The maximum Gasteiger partial charge on any atom is 0.237 e. The number of carbonyl (C=O) groups is 1. The average Bonchev–Trinajstić information content (AvgIpc) is 3.06. The van der Waals surface area contributed by atoms with Crippen molar-refractivity contribution in [1.82, 2.24) is 15.2 Å². The molecule has 1 saturated heterocycles. The smallest absolute Gasteiger partial charge is 0.237 e. The number of hydrogen-bond acceptors (Lipinski definition) is 5. The fraction of sp³-hybridized carbons (Fsp3) is 0.400. The fourth-order valence-corrected chi connectivity index (χ4v) is 3.21. The predicted octanol–water partition coefficient (Wildman–Crippen LogP) is 1.87. The van der Waals surface area contributed by atoms with Gasteiger partial charge in [-0.2, -0.15) is 0 Å². The van der Waals surface area contributed by atoms with E-state index in [1.54, 1.807) is 13.3 Å². The molecule has 3 rings (SSSR count).